The Balaban J connectivity index is 1.58. The van der Waals surface area contributed by atoms with Gasteiger partial charge in [0.25, 0.3) is 0 Å². The van der Waals surface area contributed by atoms with Gasteiger partial charge in [-0.3, -0.25) is 4.79 Å². The fourth-order valence-electron chi connectivity index (χ4n) is 3.38. The lowest BCUT2D eigenvalue weighted by Crippen LogP contribution is -2.14. The molecule has 0 aliphatic rings. The van der Waals surface area contributed by atoms with Crippen LogP contribution in [0.3, 0.4) is 0 Å². The Morgan fingerprint density at radius 2 is 1.73 bits per heavy atom. The van der Waals surface area contributed by atoms with E-state index in [4.69, 9.17) is 4.98 Å². The molecule has 5 nitrogen and oxygen atoms in total. The first-order valence-electron chi connectivity index (χ1n) is 10.7. The van der Waals surface area contributed by atoms with E-state index in [-0.39, 0.29) is 17.5 Å². The zero-order valence-corrected chi connectivity index (χ0v) is 19.6. The monoisotopic (exact) mass is 460 g/mol. The molecular weight excluding hydrogens is 435 g/mol. The highest BCUT2D eigenvalue weighted by molar-refractivity contribution is 8.00. The summed E-state index contributed by atoms with van der Waals surface area (Å²) in [6.07, 6.45) is 0.892. The first-order valence-corrected chi connectivity index (χ1v) is 11.7. The lowest BCUT2D eigenvalue weighted by molar-refractivity contribution is -0.113. The summed E-state index contributed by atoms with van der Waals surface area (Å²) < 4.78 is 13.4. The molecule has 3 aromatic carbocycles. The van der Waals surface area contributed by atoms with E-state index in [0.29, 0.717) is 5.82 Å². The van der Waals surface area contributed by atoms with Crippen molar-refractivity contribution in [2.24, 2.45) is 0 Å². The quantitative estimate of drug-likeness (QED) is 0.279. The lowest BCUT2D eigenvalue weighted by atomic mass is 10.1. The largest absolute Gasteiger partial charge is 0.378 e. The molecule has 0 bridgehead atoms. The number of rotatable bonds is 7. The van der Waals surface area contributed by atoms with Gasteiger partial charge >= 0.3 is 0 Å². The lowest BCUT2D eigenvalue weighted by Gasteiger charge is -2.13. The molecular formula is C26H25FN4OS. The third-order valence-corrected chi connectivity index (χ3v) is 6.23. The van der Waals surface area contributed by atoms with Gasteiger partial charge in [0.2, 0.25) is 5.91 Å². The number of aryl methyl sites for hydroxylation is 1. The van der Waals surface area contributed by atoms with Gasteiger partial charge in [-0.2, -0.15) is 0 Å². The van der Waals surface area contributed by atoms with E-state index in [9.17, 15) is 9.18 Å². The third-order valence-electron chi connectivity index (χ3n) is 5.24. The minimum atomic E-state index is -0.308. The van der Waals surface area contributed by atoms with Crippen LogP contribution in [0, 0.1) is 5.82 Å². The van der Waals surface area contributed by atoms with E-state index in [2.05, 4.69) is 23.3 Å². The van der Waals surface area contributed by atoms with Crippen molar-refractivity contribution in [2.75, 3.05) is 30.1 Å². The molecule has 0 radical (unpaired) electrons. The number of halogens is 1. The molecule has 1 heterocycles. The summed E-state index contributed by atoms with van der Waals surface area (Å²) in [5, 5.41) is 4.58. The molecule has 0 atom stereocenters. The minimum Gasteiger partial charge on any atom is -0.378 e. The van der Waals surface area contributed by atoms with Crippen molar-refractivity contribution in [3.8, 4) is 11.4 Å². The summed E-state index contributed by atoms with van der Waals surface area (Å²) in [6, 6.07) is 19.9. The summed E-state index contributed by atoms with van der Waals surface area (Å²) in [7, 11) is 3.95. The summed E-state index contributed by atoms with van der Waals surface area (Å²) in [5.41, 5.74) is 4.51. The van der Waals surface area contributed by atoms with E-state index in [0.717, 1.165) is 39.3 Å². The second-order valence-electron chi connectivity index (χ2n) is 7.84. The van der Waals surface area contributed by atoms with Gasteiger partial charge in [0.15, 0.2) is 5.82 Å². The SMILES string of the molecule is CCc1ccc2nc(-c3ccc(F)cc3)nc(SCC(=O)Nc3ccc(N(C)C)cc3)c2c1. The van der Waals surface area contributed by atoms with Gasteiger partial charge < -0.3 is 10.2 Å². The number of hydrogen-bond donors (Lipinski definition) is 1. The fourth-order valence-corrected chi connectivity index (χ4v) is 4.19. The van der Waals surface area contributed by atoms with Gasteiger partial charge in [-0.25, -0.2) is 14.4 Å². The maximum absolute atomic E-state index is 13.4. The summed E-state index contributed by atoms with van der Waals surface area (Å²) >= 11 is 1.37. The van der Waals surface area contributed by atoms with Crippen LogP contribution >= 0.6 is 11.8 Å². The number of thioether (sulfide) groups is 1. The van der Waals surface area contributed by atoms with Crippen molar-refractivity contribution in [1.29, 1.82) is 0 Å². The van der Waals surface area contributed by atoms with Crippen LogP contribution in [0.15, 0.2) is 71.8 Å². The van der Waals surface area contributed by atoms with Crippen molar-refractivity contribution in [3.63, 3.8) is 0 Å². The number of aromatic nitrogens is 2. The molecule has 0 aliphatic carbocycles. The topological polar surface area (TPSA) is 58.1 Å². The number of benzene rings is 3. The van der Waals surface area contributed by atoms with Gasteiger partial charge in [-0.05, 0) is 72.6 Å². The average molecular weight is 461 g/mol. The van der Waals surface area contributed by atoms with Gasteiger partial charge in [0.1, 0.15) is 10.8 Å². The number of nitrogens with one attached hydrogen (secondary N) is 1. The molecule has 4 aromatic rings. The molecule has 1 amide bonds. The fraction of sp³-hybridized carbons (Fsp3) is 0.192. The minimum absolute atomic E-state index is 0.112. The Morgan fingerprint density at radius 1 is 1.00 bits per heavy atom. The summed E-state index contributed by atoms with van der Waals surface area (Å²) in [5.74, 6) is 0.297. The van der Waals surface area contributed by atoms with Crippen molar-refractivity contribution >= 4 is 39.9 Å². The number of hydrogen-bond acceptors (Lipinski definition) is 5. The second-order valence-corrected chi connectivity index (χ2v) is 8.81. The molecule has 33 heavy (non-hydrogen) atoms. The second kappa shape index (κ2) is 10.0. The van der Waals surface area contributed by atoms with E-state index in [1.807, 2.05) is 55.4 Å². The van der Waals surface area contributed by atoms with Gasteiger partial charge in [0.05, 0.1) is 11.3 Å². The number of anilines is 2. The molecule has 1 aromatic heterocycles. The highest BCUT2D eigenvalue weighted by Gasteiger charge is 2.13. The van der Waals surface area contributed by atoms with Crippen molar-refractivity contribution in [1.82, 2.24) is 9.97 Å². The molecule has 0 saturated heterocycles. The molecule has 7 heteroatoms. The normalized spacial score (nSPS) is 10.9. The maximum Gasteiger partial charge on any atom is 0.234 e. The Bertz CT molecular complexity index is 1270. The van der Waals surface area contributed by atoms with Crippen LogP contribution in [0.1, 0.15) is 12.5 Å². The predicted octanol–water partition coefficient (Wildman–Crippen LogP) is 5.80. The number of nitrogens with zero attached hydrogens (tertiary/aromatic N) is 3. The number of carbonyl (C=O) groups is 1. The molecule has 0 unspecified atom stereocenters. The van der Waals surface area contributed by atoms with Gasteiger partial charge in [0, 0.05) is 36.4 Å². The molecule has 0 spiro atoms. The Kier molecular flexibility index (Phi) is 6.89. The third kappa shape index (κ3) is 5.49. The zero-order valence-electron chi connectivity index (χ0n) is 18.8. The first kappa shape index (κ1) is 22.7. The van der Waals surface area contributed by atoms with Gasteiger partial charge in [-0.1, -0.05) is 24.8 Å². The first-order chi connectivity index (χ1) is 15.9. The average Bonchev–Trinajstić information content (AvgIpc) is 2.82. The van der Waals surface area contributed by atoms with Crippen LogP contribution in [0.2, 0.25) is 0 Å². The van der Waals surface area contributed by atoms with Crippen molar-refractivity contribution in [3.05, 3.63) is 78.1 Å². The van der Waals surface area contributed by atoms with E-state index in [1.165, 1.54) is 29.5 Å². The highest BCUT2D eigenvalue weighted by atomic mass is 32.2. The van der Waals surface area contributed by atoms with Crippen LogP contribution in [-0.2, 0) is 11.2 Å². The Morgan fingerprint density at radius 3 is 2.39 bits per heavy atom. The molecule has 0 aliphatic heterocycles. The van der Waals surface area contributed by atoms with Crippen molar-refractivity contribution in [2.45, 2.75) is 18.4 Å². The van der Waals surface area contributed by atoms with E-state index >= 15 is 0 Å². The maximum atomic E-state index is 13.4. The number of fused-ring (bicyclic) bond motifs is 1. The van der Waals surface area contributed by atoms with Crippen LogP contribution in [0.25, 0.3) is 22.3 Å². The van der Waals surface area contributed by atoms with E-state index < -0.39 is 0 Å². The van der Waals surface area contributed by atoms with Crippen LogP contribution in [0.4, 0.5) is 15.8 Å². The smallest absolute Gasteiger partial charge is 0.234 e. The predicted molar refractivity (Wildman–Crippen MR) is 134 cm³/mol. The summed E-state index contributed by atoms with van der Waals surface area (Å²) in [4.78, 5) is 24.0. The standard InChI is InChI=1S/C26H25FN4OS/c1-4-17-5-14-23-22(15-17)26(30-25(29-23)18-6-8-19(27)9-7-18)33-16-24(32)28-20-10-12-21(13-11-20)31(2)3/h5-15H,4,16H2,1-3H3,(H,28,32). The van der Waals surface area contributed by atoms with Crippen LogP contribution in [-0.4, -0.2) is 35.7 Å². The Hall–Kier alpha value is -3.45. The molecule has 1 N–H and O–H groups in total. The van der Waals surface area contributed by atoms with Crippen molar-refractivity contribution < 1.29 is 9.18 Å². The zero-order chi connectivity index (χ0) is 23.4. The van der Waals surface area contributed by atoms with Gasteiger partial charge in [-0.15, -0.1) is 0 Å². The molecule has 168 valence electrons. The number of amides is 1. The number of carbonyl (C=O) groups excluding carboxylic acids is 1. The molecule has 0 fully saturated rings. The Labute approximate surface area is 197 Å². The molecule has 0 saturated carbocycles. The van der Waals surface area contributed by atoms with Crippen LogP contribution in [0.5, 0.6) is 0 Å². The molecule has 4 rings (SSSR count). The van der Waals surface area contributed by atoms with Crippen LogP contribution < -0.4 is 10.2 Å². The summed E-state index contributed by atoms with van der Waals surface area (Å²) in [6.45, 7) is 2.09. The van der Waals surface area contributed by atoms with E-state index in [1.54, 1.807) is 12.1 Å². The highest BCUT2D eigenvalue weighted by Crippen LogP contribution is 2.30.